The third kappa shape index (κ3) is 5.82. The molecule has 6 saturated heterocycles. The highest BCUT2D eigenvalue weighted by atomic mass is 33.1. The summed E-state index contributed by atoms with van der Waals surface area (Å²) in [6.07, 6.45) is 13.3. The lowest BCUT2D eigenvalue weighted by molar-refractivity contribution is 0.0179. The van der Waals surface area contributed by atoms with E-state index in [9.17, 15) is 0 Å². The van der Waals surface area contributed by atoms with Gasteiger partial charge in [0.2, 0.25) is 0 Å². The van der Waals surface area contributed by atoms with Crippen LogP contribution in [0.2, 0.25) is 0 Å². The summed E-state index contributed by atoms with van der Waals surface area (Å²) in [4.78, 5) is 15.1. The molecule has 250 valence electrons. The van der Waals surface area contributed by atoms with Crippen LogP contribution in [0.4, 0.5) is 0 Å². The molecule has 6 nitrogen and oxygen atoms in total. The first-order valence-corrected chi connectivity index (χ1v) is 19.8. The fraction of sp³-hybridized carbons (Fsp3) is 0.450. The van der Waals surface area contributed by atoms with Crippen LogP contribution in [0.15, 0.2) is 86.2 Å². The zero-order valence-electron chi connectivity index (χ0n) is 28.0. The van der Waals surface area contributed by atoms with E-state index in [1.54, 1.807) is 14.2 Å². The van der Waals surface area contributed by atoms with Crippen molar-refractivity contribution in [3.8, 4) is 11.5 Å². The van der Waals surface area contributed by atoms with E-state index in [4.69, 9.17) is 19.4 Å². The van der Waals surface area contributed by atoms with E-state index in [2.05, 4.69) is 93.1 Å². The number of rotatable bonds is 11. The Kier molecular flexibility index (Phi) is 9.18. The third-order valence-electron chi connectivity index (χ3n) is 11.8. The minimum absolute atomic E-state index is 0.267. The highest BCUT2D eigenvalue weighted by molar-refractivity contribution is 8.76. The van der Waals surface area contributed by atoms with Gasteiger partial charge in [0.1, 0.15) is 11.5 Å². The molecule has 4 aromatic rings. The number of piperidine rings is 6. The molecule has 6 aliphatic heterocycles. The summed E-state index contributed by atoms with van der Waals surface area (Å²) < 4.78 is 11.5. The maximum absolute atomic E-state index is 5.73. The first-order valence-electron chi connectivity index (χ1n) is 17.5. The molecule has 8 heterocycles. The molecule has 0 saturated carbocycles. The topological polar surface area (TPSA) is 50.7 Å². The van der Waals surface area contributed by atoms with Gasteiger partial charge in [-0.3, -0.25) is 19.8 Å². The Balaban J connectivity index is 1.21. The molecule has 48 heavy (non-hydrogen) atoms. The third-order valence-corrected chi connectivity index (χ3v) is 15.1. The molecule has 4 bridgehead atoms. The van der Waals surface area contributed by atoms with Crippen LogP contribution in [0, 0.1) is 23.7 Å². The average Bonchev–Trinajstić information content (AvgIpc) is 3.16. The number of methoxy groups -OCH3 is 2. The zero-order chi connectivity index (χ0) is 32.8. The Hall–Kier alpha value is -3.04. The van der Waals surface area contributed by atoms with Crippen molar-refractivity contribution in [2.24, 2.45) is 23.7 Å². The van der Waals surface area contributed by atoms with Crippen LogP contribution in [0.1, 0.15) is 47.3 Å². The van der Waals surface area contributed by atoms with Crippen LogP contribution < -0.4 is 9.47 Å². The largest absolute Gasteiger partial charge is 0.497 e. The Morgan fingerprint density at radius 3 is 1.54 bits per heavy atom. The summed E-state index contributed by atoms with van der Waals surface area (Å²) in [6.45, 7) is 13.0. The molecule has 0 radical (unpaired) electrons. The van der Waals surface area contributed by atoms with Crippen LogP contribution in [-0.4, -0.2) is 72.3 Å². The highest BCUT2D eigenvalue weighted by Crippen LogP contribution is 2.57. The lowest BCUT2D eigenvalue weighted by Gasteiger charge is -2.52. The predicted molar refractivity (Wildman–Crippen MR) is 201 cm³/mol. The second kappa shape index (κ2) is 13.7. The van der Waals surface area contributed by atoms with Crippen molar-refractivity contribution in [2.75, 3.05) is 40.4 Å². The van der Waals surface area contributed by atoms with Gasteiger partial charge in [-0.05, 0) is 122 Å². The van der Waals surface area contributed by atoms with Gasteiger partial charge >= 0.3 is 0 Å². The van der Waals surface area contributed by atoms with Gasteiger partial charge in [-0.2, -0.15) is 0 Å². The summed E-state index contributed by atoms with van der Waals surface area (Å²) in [5.74, 6) is 4.30. The van der Waals surface area contributed by atoms with Gasteiger partial charge in [-0.25, -0.2) is 0 Å². The minimum atomic E-state index is 0.267. The molecule has 0 amide bonds. The van der Waals surface area contributed by atoms with Gasteiger partial charge in [0, 0.05) is 48.3 Å². The number of pyridine rings is 2. The maximum atomic E-state index is 5.73. The molecule has 2 aromatic carbocycles. The van der Waals surface area contributed by atoms with E-state index >= 15 is 0 Å². The lowest BCUT2D eigenvalue weighted by atomic mass is 9.74. The van der Waals surface area contributed by atoms with Crippen molar-refractivity contribution >= 4 is 43.4 Å². The normalized spacial score (nSPS) is 30.6. The van der Waals surface area contributed by atoms with E-state index in [0.717, 1.165) is 48.7 Å². The maximum Gasteiger partial charge on any atom is 0.119 e. The quantitative estimate of drug-likeness (QED) is 0.115. The van der Waals surface area contributed by atoms with E-state index in [1.165, 1.54) is 47.6 Å². The molecule has 10 atom stereocenters. The molecule has 8 heteroatoms. The van der Waals surface area contributed by atoms with Gasteiger partial charge < -0.3 is 9.47 Å². The average molecular weight is 679 g/mol. The van der Waals surface area contributed by atoms with Gasteiger partial charge in [0.05, 0.1) is 35.8 Å². The van der Waals surface area contributed by atoms with Gasteiger partial charge in [-0.1, -0.05) is 33.7 Å². The Morgan fingerprint density at radius 2 is 1.17 bits per heavy atom. The smallest absolute Gasteiger partial charge is 0.119 e. The van der Waals surface area contributed by atoms with Crippen molar-refractivity contribution in [1.82, 2.24) is 19.8 Å². The van der Waals surface area contributed by atoms with Crippen LogP contribution in [0.5, 0.6) is 11.5 Å². The van der Waals surface area contributed by atoms with Crippen LogP contribution in [-0.2, 0) is 0 Å². The van der Waals surface area contributed by atoms with E-state index in [1.807, 2.05) is 24.5 Å². The van der Waals surface area contributed by atoms with E-state index in [-0.39, 0.29) is 10.5 Å². The van der Waals surface area contributed by atoms with Crippen molar-refractivity contribution < 1.29 is 9.47 Å². The standard InChI is InChI=1S/C40H46N4O2S2/c1-5-25-23-43-17-13-27(25)19-37(43)39(31-11-15-41-35-9-7-29(45-3)21-33(31)35)47-48-40(38-20-28-14-18-44(38)24-26(28)6-2)32-12-16-42-36-10-8-30(46-4)22-34(32)36/h5-12,15-16,21-22,25-28,37-40H,1-2,13-14,17-20,23-24H2,3-4H3/t25-,26-,27-,28-,37+,38+,39+,40+/m0/s1. The molecule has 10 rings (SSSR count). The summed E-state index contributed by atoms with van der Waals surface area (Å²) in [5, 5.41) is 2.93. The first-order chi connectivity index (χ1) is 23.6. The van der Waals surface area contributed by atoms with Gasteiger partial charge in [-0.15, -0.1) is 13.2 Å². The number of hydrogen-bond donors (Lipinski definition) is 0. The van der Waals surface area contributed by atoms with Crippen LogP contribution in [0.25, 0.3) is 21.8 Å². The number of benzene rings is 2. The van der Waals surface area contributed by atoms with Gasteiger partial charge in [0.25, 0.3) is 0 Å². The Labute approximate surface area is 292 Å². The van der Waals surface area contributed by atoms with Crippen molar-refractivity contribution in [3.05, 3.63) is 97.4 Å². The van der Waals surface area contributed by atoms with Crippen LogP contribution >= 0.6 is 21.6 Å². The summed E-state index contributed by atoms with van der Waals surface area (Å²) in [6, 6.07) is 18.1. The lowest BCUT2D eigenvalue weighted by Crippen LogP contribution is -2.54. The zero-order valence-corrected chi connectivity index (χ0v) is 29.7. The number of ether oxygens (including phenoxy) is 2. The fourth-order valence-corrected chi connectivity index (χ4v) is 13.0. The highest BCUT2D eigenvalue weighted by Gasteiger charge is 2.46. The molecule has 0 aliphatic carbocycles. The molecular formula is C40H46N4O2S2. The summed E-state index contributed by atoms with van der Waals surface area (Å²) >= 11 is 0. The number of hydrogen-bond acceptors (Lipinski definition) is 8. The second-order valence-corrected chi connectivity index (χ2v) is 16.6. The Morgan fingerprint density at radius 1 is 0.708 bits per heavy atom. The fourth-order valence-electron chi connectivity index (χ4n) is 9.19. The SMILES string of the molecule is C=C[C@H]1CN2CC[C@H]1C[C@@H]2[C@H](SS[C@H](c1ccnc2ccc(OC)cc12)[C@H]1C[C@@H]2CCN1C[C@@H]2C=C)c1ccnc2ccc(OC)cc12. The van der Waals surface area contributed by atoms with Gasteiger partial charge in [0.15, 0.2) is 0 Å². The number of nitrogens with zero attached hydrogens (tertiary/aromatic N) is 4. The molecule has 0 spiro atoms. The number of fused-ring (bicyclic) bond motifs is 8. The summed E-state index contributed by atoms with van der Waals surface area (Å²) in [7, 11) is 7.68. The molecule has 6 fully saturated rings. The Bertz CT molecular complexity index is 1690. The van der Waals surface area contributed by atoms with E-state index < -0.39 is 0 Å². The molecule has 0 N–H and O–H groups in total. The molecule has 2 aromatic heterocycles. The second-order valence-electron chi connectivity index (χ2n) is 14.1. The van der Waals surface area contributed by atoms with E-state index in [0.29, 0.717) is 35.8 Å². The predicted octanol–water partition coefficient (Wildman–Crippen LogP) is 8.76. The monoisotopic (exact) mass is 678 g/mol. The molecular weight excluding hydrogens is 633 g/mol. The van der Waals surface area contributed by atoms with Crippen LogP contribution in [0.3, 0.4) is 0 Å². The van der Waals surface area contributed by atoms with Crippen molar-refractivity contribution in [2.45, 2.75) is 48.3 Å². The van der Waals surface area contributed by atoms with Crippen molar-refractivity contribution in [1.29, 1.82) is 0 Å². The van der Waals surface area contributed by atoms with Crippen molar-refractivity contribution in [3.63, 3.8) is 0 Å². The molecule has 6 aliphatic rings. The molecule has 2 unspecified atom stereocenters. The minimum Gasteiger partial charge on any atom is -0.497 e. The number of aromatic nitrogens is 2. The summed E-state index contributed by atoms with van der Waals surface area (Å²) in [5.41, 5.74) is 4.78. The first kappa shape index (κ1) is 32.2.